The zero-order valence-electron chi connectivity index (χ0n) is 12.1. The molecular formula is C14H27ClN4. The van der Waals surface area contributed by atoms with E-state index in [1.807, 2.05) is 10.9 Å². The van der Waals surface area contributed by atoms with E-state index in [4.69, 9.17) is 5.73 Å². The molecule has 1 aliphatic rings. The summed E-state index contributed by atoms with van der Waals surface area (Å²) in [5, 5.41) is 4.40. The fraction of sp³-hybridized carbons (Fsp3) is 0.786. The first-order valence-corrected chi connectivity index (χ1v) is 7.21. The van der Waals surface area contributed by atoms with Crippen molar-refractivity contribution in [3.05, 3.63) is 18.0 Å². The van der Waals surface area contributed by atoms with Crippen LogP contribution in [0.3, 0.4) is 0 Å². The summed E-state index contributed by atoms with van der Waals surface area (Å²) in [6, 6.07) is 0.796. The van der Waals surface area contributed by atoms with Gasteiger partial charge in [-0.25, -0.2) is 0 Å². The predicted octanol–water partition coefficient (Wildman–Crippen LogP) is 2.42. The van der Waals surface area contributed by atoms with Crippen molar-refractivity contribution in [3.8, 4) is 0 Å². The molecule has 2 atom stereocenters. The summed E-state index contributed by atoms with van der Waals surface area (Å²) >= 11 is 0. The van der Waals surface area contributed by atoms with Gasteiger partial charge in [0.2, 0.25) is 0 Å². The van der Waals surface area contributed by atoms with E-state index in [-0.39, 0.29) is 18.4 Å². The van der Waals surface area contributed by atoms with Gasteiger partial charge in [0.1, 0.15) is 0 Å². The third kappa shape index (κ3) is 4.48. The summed E-state index contributed by atoms with van der Waals surface area (Å²) in [6.07, 6.45) is 9.16. The SMILES string of the molecule is CCCn1cc(CN2CCCCC2C(C)N)cn1.Cl. The molecule has 4 nitrogen and oxygen atoms in total. The highest BCUT2D eigenvalue weighted by molar-refractivity contribution is 5.85. The van der Waals surface area contributed by atoms with Crippen molar-refractivity contribution in [2.24, 2.45) is 5.73 Å². The highest BCUT2D eigenvalue weighted by Gasteiger charge is 2.25. The van der Waals surface area contributed by atoms with Gasteiger partial charge in [0.25, 0.3) is 0 Å². The van der Waals surface area contributed by atoms with Crippen molar-refractivity contribution in [2.45, 2.75) is 64.7 Å². The maximum Gasteiger partial charge on any atom is 0.0534 e. The predicted molar refractivity (Wildman–Crippen MR) is 81.5 cm³/mol. The summed E-state index contributed by atoms with van der Waals surface area (Å²) < 4.78 is 2.04. The van der Waals surface area contributed by atoms with Gasteiger partial charge in [-0.2, -0.15) is 5.10 Å². The lowest BCUT2D eigenvalue weighted by molar-refractivity contribution is 0.123. The molecule has 0 saturated carbocycles. The Morgan fingerprint density at radius 3 is 2.95 bits per heavy atom. The van der Waals surface area contributed by atoms with Crippen molar-refractivity contribution in [2.75, 3.05) is 6.54 Å². The van der Waals surface area contributed by atoms with Gasteiger partial charge >= 0.3 is 0 Å². The molecule has 0 bridgehead atoms. The van der Waals surface area contributed by atoms with E-state index < -0.39 is 0 Å². The van der Waals surface area contributed by atoms with Gasteiger partial charge in [0, 0.05) is 36.9 Å². The number of piperidine rings is 1. The first-order chi connectivity index (χ1) is 8.70. The average molecular weight is 287 g/mol. The molecule has 1 aliphatic heterocycles. The molecule has 1 aromatic heterocycles. The molecule has 0 aromatic carbocycles. The van der Waals surface area contributed by atoms with E-state index in [2.05, 4.69) is 30.0 Å². The van der Waals surface area contributed by atoms with E-state index in [1.165, 1.54) is 31.4 Å². The zero-order valence-corrected chi connectivity index (χ0v) is 12.9. The van der Waals surface area contributed by atoms with Crippen LogP contribution in [0.4, 0.5) is 0 Å². The highest BCUT2D eigenvalue weighted by atomic mass is 35.5. The van der Waals surface area contributed by atoms with Gasteiger partial charge in [0.15, 0.2) is 0 Å². The number of halogens is 1. The lowest BCUT2D eigenvalue weighted by Crippen LogP contribution is -2.48. The minimum Gasteiger partial charge on any atom is -0.327 e. The van der Waals surface area contributed by atoms with Crippen LogP contribution in [0.2, 0.25) is 0 Å². The van der Waals surface area contributed by atoms with Gasteiger partial charge in [-0.15, -0.1) is 12.4 Å². The number of rotatable bonds is 5. The van der Waals surface area contributed by atoms with Gasteiger partial charge < -0.3 is 5.73 Å². The summed E-state index contributed by atoms with van der Waals surface area (Å²) in [7, 11) is 0. The van der Waals surface area contributed by atoms with Gasteiger partial charge in [-0.3, -0.25) is 9.58 Å². The van der Waals surface area contributed by atoms with E-state index in [0.717, 1.165) is 19.5 Å². The number of likely N-dealkylation sites (tertiary alicyclic amines) is 1. The second-order valence-electron chi connectivity index (χ2n) is 5.50. The van der Waals surface area contributed by atoms with Crippen LogP contribution in [0, 0.1) is 0 Å². The van der Waals surface area contributed by atoms with Crippen LogP contribution in [-0.4, -0.2) is 33.3 Å². The Morgan fingerprint density at radius 1 is 1.47 bits per heavy atom. The van der Waals surface area contributed by atoms with E-state index >= 15 is 0 Å². The Labute approximate surface area is 122 Å². The lowest BCUT2D eigenvalue weighted by Gasteiger charge is -2.37. The Kier molecular flexibility index (Phi) is 6.83. The van der Waals surface area contributed by atoms with Crippen LogP contribution in [0.5, 0.6) is 0 Å². The standard InChI is InChI=1S/C14H26N4.ClH/c1-3-7-18-11-13(9-16-18)10-17-8-5-4-6-14(17)12(2)15;/h9,11-12,14H,3-8,10,15H2,1-2H3;1H. The highest BCUT2D eigenvalue weighted by Crippen LogP contribution is 2.21. The number of hydrogen-bond acceptors (Lipinski definition) is 3. The molecule has 5 heteroatoms. The molecule has 2 heterocycles. The van der Waals surface area contributed by atoms with Crippen molar-refractivity contribution in [1.82, 2.24) is 14.7 Å². The molecule has 19 heavy (non-hydrogen) atoms. The topological polar surface area (TPSA) is 47.1 Å². The van der Waals surface area contributed by atoms with E-state index in [9.17, 15) is 0 Å². The third-order valence-corrected chi connectivity index (χ3v) is 3.80. The average Bonchev–Trinajstić information content (AvgIpc) is 2.77. The second kappa shape index (κ2) is 7.88. The first kappa shape index (κ1) is 16.5. The van der Waals surface area contributed by atoms with Gasteiger partial charge in [0.05, 0.1) is 6.20 Å². The molecule has 0 radical (unpaired) electrons. The van der Waals surface area contributed by atoms with Crippen LogP contribution in [-0.2, 0) is 13.1 Å². The summed E-state index contributed by atoms with van der Waals surface area (Å²) in [6.45, 7) is 7.49. The summed E-state index contributed by atoms with van der Waals surface area (Å²) in [5.74, 6) is 0. The molecule has 2 rings (SSSR count). The lowest BCUT2D eigenvalue weighted by atomic mass is 9.96. The molecule has 110 valence electrons. The van der Waals surface area contributed by atoms with Gasteiger partial charge in [-0.1, -0.05) is 13.3 Å². The van der Waals surface area contributed by atoms with Crippen LogP contribution < -0.4 is 5.73 Å². The summed E-state index contributed by atoms with van der Waals surface area (Å²) in [4.78, 5) is 2.53. The first-order valence-electron chi connectivity index (χ1n) is 7.21. The molecule has 1 fully saturated rings. The minimum absolute atomic E-state index is 0. The third-order valence-electron chi connectivity index (χ3n) is 3.80. The molecule has 1 aromatic rings. The Morgan fingerprint density at radius 2 is 2.26 bits per heavy atom. The normalized spacial score (nSPS) is 21.9. The fourth-order valence-corrected chi connectivity index (χ4v) is 2.88. The summed E-state index contributed by atoms with van der Waals surface area (Å²) in [5.41, 5.74) is 7.42. The maximum atomic E-state index is 6.10. The molecule has 2 unspecified atom stereocenters. The monoisotopic (exact) mass is 286 g/mol. The van der Waals surface area contributed by atoms with Crippen molar-refractivity contribution >= 4 is 12.4 Å². The molecule has 1 saturated heterocycles. The fourth-order valence-electron chi connectivity index (χ4n) is 2.88. The number of hydrogen-bond donors (Lipinski definition) is 1. The molecule has 0 amide bonds. The Balaban J connectivity index is 0.00000180. The Bertz CT molecular complexity index is 364. The van der Waals surface area contributed by atoms with Crippen LogP contribution >= 0.6 is 12.4 Å². The van der Waals surface area contributed by atoms with E-state index in [1.54, 1.807) is 0 Å². The molecule has 0 spiro atoms. The molecule has 0 aliphatic carbocycles. The second-order valence-corrected chi connectivity index (χ2v) is 5.50. The smallest absolute Gasteiger partial charge is 0.0534 e. The number of nitrogens with two attached hydrogens (primary N) is 1. The Hall–Kier alpha value is -0.580. The number of aromatic nitrogens is 2. The van der Waals surface area contributed by atoms with Crippen molar-refractivity contribution in [3.63, 3.8) is 0 Å². The maximum absolute atomic E-state index is 6.10. The zero-order chi connectivity index (χ0) is 13.0. The van der Waals surface area contributed by atoms with Gasteiger partial charge in [-0.05, 0) is 32.7 Å². The largest absolute Gasteiger partial charge is 0.327 e. The van der Waals surface area contributed by atoms with Crippen LogP contribution in [0.25, 0.3) is 0 Å². The number of nitrogens with zero attached hydrogens (tertiary/aromatic N) is 3. The van der Waals surface area contributed by atoms with E-state index in [0.29, 0.717) is 6.04 Å². The van der Waals surface area contributed by atoms with Crippen LogP contribution in [0.15, 0.2) is 12.4 Å². The van der Waals surface area contributed by atoms with Crippen LogP contribution in [0.1, 0.15) is 45.1 Å². The van der Waals surface area contributed by atoms with Crippen molar-refractivity contribution < 1.29 is 0 Å². The number of aryl methyl sites for hydroxylation is 1. The molecule has 2 N–H and O–H groups in total. The quantitative estimate of drug-likeness (QED) is 0.904. The minimum atomic E-state index is 0. The van der Waals surface area contributed by atoms with Crippen molar-refractivity contribution in [1.29, 1.82) is 0 Å². The molecular weight excluding hydrogens is 260 g/mol.